The van der Waals surface area contributed by atoms with E-state index < -0.39 is 0 Å². The third kappa shape index (κ3) is 4.44. The lowest BCUT2D eigenvalue weighted by atomic mass is 10.0. The van der Waals surface area contributed by atoms with Crippen LogP contribution in [0.15, 0.2) is 66.7 Å². The number of aryl methyl sites for hydroxylation is 1. The molecule has 0 bridgehead atoms. The Kier molecular flexibility index (Phi) is 5.50. The SMILES string of the molecule is O=C1CCc2ccc(NC(=O)NCc3ccc(CN4CCc5ccccc54)cc3)cc2N1. The van der Waals surface area contributed by atoms with Gasteiger partial charge in [-0.05, 0) is 53.3 Å². The maximum atomic E-state index is 12.3. The molecule has 3 aromatic rings. The van der Waals surface area contributed by atoms with Crippen molar-refractivity contribution in [1.82, 2.24) is 5.32 Å². The Morgan fingerprint density at radius 1 is 0.906 bits per heavy atom. The van der Waals surface area contributed by atoms with Crippen molar-refractivity contribution in [2.45, 2.75) is 32.4 Å². The summed E-state index contributed by atoms with van der Waals surface area (Å²) < 4.78 is 0. The number of hydrogen-bond acceptors (Lipinski definition) is 3. The molecule has 0 atom stereocenters. The largest absolute Gasteiger partial charge is 0.367 e. The molecule has 0 aliphatic carbocycles. The second kappa shape index (κ2) is 8.75. The van der Waals surface area contributed by atoms with Gasteiger partial charge in [-0.3, -0.25) is 4.79 Å². The van der Waals surface area contributed by atoms with E-state index in [0.29, 0.717) is 18.7 Å². The predicted octanol–water partition coefficient (Wildman–Crippen LogP) is 4.46. The third-order valence-electron chi connectivity index (χ3n) is 6.10. The van der Waals surface area contributed by atoms with Crippen LogP contribution in [-0.2, 0) is 30.7 Å². The van der Waals surface area contributed by atoms with Gasteiger partial charge in [-0.2, -0.15) is 0 Å². The molecule has 3 amide bonds. The summed E-state index contributed by atoms with van der Waals surface area (Å²) in [5.41, 5.74) is 7.57. The highest BCUT2D eigenvalue weighted by atomic mass is 16.2. The van der Waals surface area contributed by atoms with Crippen molar-refractivity contribution >= 4 is 29.0 Å². The highest BCUT2D eigenvalue weighted by Crippen LogP contribution is 2.29. The van der Waals surface area contributed by atoms with E-state index in [1.165, 1.54) is 16.8 Å². The average molecular weight is 427 g/mol. The molecule has 0 aromatic heterocycles. The summed E-state index contributed by atoms with van der Waals surface area (Å²) in [4.78, 5) is 26.3. The van der Waals surface area contributed by atoms with Gasteiger partial charge in [0.25, 0.3) is 0 Å². The molecule has 3 N–H and O–H groups in total. The Bertz CT molecular complexity index is 1160. The lowest BCUT2D eigenvalue weighted by molar-refractivity contribution is -0.116. The van der Waals surface area contributed by atoms with Gasteiger partial charge in [0.05, 0.1) is 0 Å². The summed E-state index contributed by atoms with van der Waals surface area (Å²) >= 11 is 0. The number of nitrogens with zero attached hydrogens (tertiary/aromatic N) is 1. The van der Waals surface area contributed by atoms with Crippen LogP contribution in [0, 0.1) is 0 Å². The number of carbonyl (C=O) groups excluding carboxylic acids is 2. The Labute approximate surface area is 187 Å². The van der Waals surface area contributed by atoms with Crippen molar-refractivity contribution in [3.63, 3.8) is 0 Å². The van der Waals surface area contributed by atoms with Crippen LogP contribution in [-0.4, -0.2) is 18.5 Å². The van der Waals surface area contributed by atoms with Crippen LogP contribution in [0.2, 0.25) is 0 Å². The second-order valence-corrected chi connectivity index (χ2v) is 8.34. The van der Waals surface area contributed by atoms with E-state index in [1.54, 1.807) is 6.07 Å². The minimum Gasteiger partial charge on any atom is -0.367 e. The van der Waals surface area contributed by atoms with E-state index in [-0.39, 0.29) is 11.9 Å². The molecule has 5 rings (SSSR count). The van der Waals surface area contributed by atoms with Crippen LogP contribution in [0.5, 0.6) is 0 Å². The topological polar surface area (TPSA) is 73.5 Å². The van der Waals surface area contributed by atoms with Gasteiger partial charge in [0, 0.05) is 43.1 Å². The van der Waals surface area contributed by atoms with Gasteiger partial charge in [-0.1, -0.05) is 48.5 Å². The first kappa shape index (κ1) is 20.1. The fourth-order valence-electron chi connectivity index (χ4n) is 4.36. The Morgan fingerprint density at radius 3 is 2.59 bits per heavy atom. The maximum Gasteiger partial charge on any atom is 0.319 e. The summed E-state index contributed by atoms with van der Waals surface area (Å²) in [5, 5.41) is 8.59. The van der Waals surface area contributed by atoms with Gasteiger partial charge in [0.15, 0.2) is 0 Å². The minimum atomic E-state index is -0.273. The van der Waals surface area contributed by atoms with Crippen molar-refractivity contribution in [1.29, 1.82) is 0 Å². The Balaban J connectivity index is 1.13. The first-order chi connectivity index (χ1) is 15.6. The molecule has 2 heterocycles. The summed E-state index contributed by atoms with van der Waals surface area (Å²) in [7, 11) is 0. The summed E-state index contributed by atoms with van der Waals surface area (Å²) in [6.07, 6.45) is 2.34. The lowest BCUT2D eigenvalue weighted by Gasteiger charge is -2.19. The number of rotatable bonds is 5. The van der Waals surface area contributed by atoms with Gasteiger partial charge in [0.1, 0.15) is 0 Å². The molecule has 0 spiro atoms. The van der Waals surface area contributed by atoms with Crippen molar-refractivity contribution < 1.29 is 9.59 Å². The molecular weight excluding hydrogens is 400 g/mol. The van der Waals surface area contributed by atoms with E-state index in [2.05, 4.69) is 69.4 Å². The number of amides is 3. The number of anilines is 3. The summed E-state index contributed by atoms with van der Waals surface area (Å²) in [5.74, 6) is 0.0106. The second-order valence-electron chi connectivity index (χ2n) is 8.34. The maximum absolute atomic E-state index is 12.3. The van der Waals surface area contributed by atoms with Crippen molar-refractivity contribution in [2.24, 2.45) is 0 Å². The summed E-state index contributed by atoms with van der Waals surface area (Å²) in [6.45, 7) is 2.38. The van der Waals surface area contributed by atoms with Crippen molar-refractivity contribution in [2.75, 3.05) is 22.1 Å². The third-order valence-corrected chi connectivity index (χ3v) is 6.10. The predicted molar refractivity (Wildman–Crippen MR) is 127 cm³/mol. The number of fused-ring (bicyclic) bond motifs is 2. The van der Waals surface area contributed by atoms with Crippen molar-refractivity contribution in [3.05, 3.63) is 89.0 Å². The number of para-hydroxylation sites is 1. The number of benzene rings is 3. The van der Waals surface area contributed by atoms with Gasteiger partial charge in [-0.25, -0.2) is 4.79 Å². The molecule has 6 heteroatoms. The highest BCUT2D eigenvalue weighted by Gasteiger charge is 2.18. The molecular formula is C26H26N4O2. The first-order valence-electron chi connectivity index (χ1n) is 11.0. The van der Waals surface area contributed by atoms with Crippen molar-refractivity contribution in [3.8, 4) is 0 Å². The Morgan fingerprint density at radius 2 is 1.72 bits per heavy atom. The fraction of sp³-hybridized carbons (Fsp3) is 0.231. The van der Waals surface area contributed by atoms with E-state index in [1.807, 2.05) is 12.1 Å². The molecule has 2 aliphatic rings. The quantitative estimate of drug-likeness (QED) is 0.564. The fourth-order valence-corrected chi connectivity index (χ4v) is 4.36. The van der Waals surface area contributed by atoms with Crippen LogP contribution in [0.3, 0.4) is 0 Å². The molecule has 3 aromatic carbocycles. The first-order valence-corrected chi connectivity index (χ1v) is 11.0. The van der Waals surface area contributed by atoms with E-state index >= 15 is 0 Å². The van der Waals surface area contributed by atoms with Gasteiger partial charge >= 0.3 is 6.03 Å². The zero-order valence-electron chi connectivity index (χ0n) is 17.9. The van der Waals surface area contributed by atoms with Crippen LogP contribution in [0.4, 0.5) is 21.9 Å². The summed E-state index contributed by atoms with van der Waals surface area (Å²) in [6, 6.07) is 22.3. The molecule has 32 heavy (non-hydrogen) atoms. The number of nitrogens with one attached hydrogen (secondary N) is 3. The lowest BCUT2D eigenvalue weighted by Crippen LogP contribution is -2.28. The van der Waals surface area contributed by atoms with E-state index in [0.717, 1.165) is 42.7 Å². The number of hydrogen-bond donors (Lipinski definition) is 3. The molecule has 0 unspecified atom stereocenters. The van der Waals surface area contributed by atoms with Gasteiger partial charge < -0.3 is 20.9 Å². The molecule has 162 valence electrons. The van der Waals surface area contributed by atoms with Crippen LogP contribution < -0.4 is 20.9 Å². The molecule has 0 radical (unpaired) electrons. The van der Waals surface area contributed by atoms with E-state index in [9.17, 15) is 9.59 Å². The Hall–Kier alpha value is -3.80. The molecule has 0 saturated carbocycles. The van der Waals surface area contributed by atoms with Crippen LogP contribution >= 0.6 is 0 Å². The molecule has 6 nitrogen and oxygen atoms in total. The minimum absolute atomic E-state index is 0.0106. The van der Waals surface area contributed by atoms with Crippen LogP contribution in [0.1, 0.15) is 28.7 Å². The monoisotopic (exact) mass is 426 g/mol. The zero-order valence-corrected chi connectivity index (χ0v) is 17.9. The number of urea groups is 1. The standard InChI is InChI=1S/C26H26N4O2/c31-25-12-10-20-9-11-22(15-23(20)29-25)28-26(32)27-16-18-5-7-19(8-6-18)17-30-14-13-21-3-1-2-4-24(21)30/h1-9,11,15H,10,12-14,16-17H2,(H,29,31)(H2,27,28,32). The average Bonchev–Trinajstić information content (AvgIpc) is 3.21. The molecule has 0 fully saturated rings. The van der Waals surface area contributed by atoms with Crippen LogP contribution in [0.25, 0.3) is 0 Å². The van der Waals surface area contributed by atoms with Gasteiger partial charge in [0.2, 0.25) is 5.91 Å². The zero-order chi connectivity index (χ0) is 21.9. The smallest absolute Gasteiger partial charge is 0.319 e. The highest BCUT2D eigenvalue weighted by molar-refractivity contribution is 5.96. The van der Waals surface area contributed by atoms with E-state index in [4.69, 9.17) is 0 Å². The normalized spacial score (nSPS) is 14.4. The molecule has 2 aliphatic heterocycles. The van der Waals surface area contributed by atoms with Gasteiger partial charge in [-0.15, -0.1) is 0 Å². The molecule has 0 saturated heterocycles. The number of carbonyl (C=O) groups is 2.